The summed E-state index contributed by atoms with van der Waals surface area (Å²) in [5.41, 5.74) is 2.19. The first-order chi connectivity index (χ1) is 11.6. The maximum absolute atomic E-state index is 12.6. The van der Waals surface area contributed by atoms with E-state index in [2.05, 4.69) is 30.4 Å². The summed E-state index contributed by atoms with van der Waals surface area (Å²) in [5, 5.41) is 0. The highest BCUT2D eigenvalue weighted by atomic mass is 32.2. The molecular weight excluding hydrogens is 314 g/mol. The largest absolute Gasteiger partial charge is 0.237 e. The van der Waals surface area contributed by atoms with Crippen LogP contribution in [0.3, 0.4) is 0 Å². The number of rotatable bonds is 6. The molecule has 2 atom stereocenters. The Morgan fingerprint density at radius 3 is 2.33 bits per heavy atom. The number of nitrogens with one attached hydrogen (secondary N) is 1. The number of aryl methyl sites for hydroxylation is 1. The molecule has 0 fully saturated rings. The SMILES string of the molecule is Cc1ccc([S@](=O)N[C@@H](C#CCCC(C)C)c2ccccc2)cc1. The molecule has 0 heterocycles. The minimum atomic E-state index is -1.29. The Bertz CT molecular complexity index is 711. The molecular formula is C21H25NOS. The van der Waals surface area contributed by atoms with Crippen LogP contribution in [0.25, 0.3) is 0 Å². The van der Waals surface area contributed by atoms with Crippen molar-refractivity contribution in [3.63, 3.8) is 0 Å². The molecule has 0 bridgehead atoms. The number of hydrogen-bond acceptors (Lipinski definition) is 1. The van der Waals surface area contributed by atoms with Gasteiger partial charge in [0.05, 0.1) is 4.90 Å². The van der Waals surface area contributed by atoms with Crippen molar-refractivity contribution in [2.24, 2.45) is 5.92 Å². The fourth-order valence-corrected chi connectivity index (χ4v) is 3.13. The molecule has 0 saturated heterocycles. The number of benzene rings is 2. The van der Waals surface area contributed by atoms with Crippen molar-refractivity contribution in [3.8, 4) is 11.8 Å². The molecule has 24 heavy (non-hydrogen) atoms. The summed E-state index contributed by atoms with van der Waals surface area (Å²) in [5.74, 6) is 7.13. The highest BCUT2D eigenvalue weighted by Gasteiger charge is 2.12. The first kappa shape index (κ1) is 18.4. The standard InChI is InChI=1S/C21H25NOS/c1-17(2)9-7-8-12-21(19-10-5-4-6-11-19)22-24(23)20-15-13-18(3)14-16-20/h4-6,10-11,13-17,21-22H,7,9H2,1-3H3/t21-,24-/m0/s1. The van der Waals surface area contributed by atoms with Crippen molar-refractivity contribution in [2.75, 3.05) is 0 Å². The van der Waals surface area contributed by atoms with Gasteiger partial charge in [0.2, 0.25) is 0 Å². The molecule has 0 aliphatic rings. The smallest absolute Gasteiger partial charge is 0.126 e. The lowest BCUT2D eigenvalue weighted by Gasteiger charge is -2.13. The highest BCUT2D eigenvalue weighted by molar-refractivity contribution is 7.83. The Morgan fingerprint density at radius 2 is 1.71 bits per heavy atom. The van der Waals surface area contributed by atoms with E-state index < -0.39 is 11.0 Å². The van der Waals surface area contributed by atoms with Crippen LogP contribution in [0, 0.1) is 24.7 Å². The van der Waals surface area contributed by atoms with Gasteiger partial charge in [0.15, 0.2) is 0 Å². The van der Waals surface area contributed by atoms with Gasteiger partial charge in [-0.1, -0.05) is 67.8 Å². The molecule has 126 valence electrons. The molecule has 0 spiro atoms. The third-order valence-corrected chi connectivity index (χ3v) is 4.84. The van der Waals surface area contributed by atoms with Crippen LogP contribution in [0.4, 0.5) is 0 Å². The molecule has 0 aromatic heterocycles. The van der Waals surface area contributed by atoms with Crippen molar-refractivity contribution in [2.45, 2.75) is 44.6 Å². The molecule has 0 unspecified atom stereocenters. The van der Waals surface area contributed by atoms with Gasteiger partial charge in [0.25, 0.3) is 0 Å². The topological polar surface area (TPSA) is 29.1 Å². The molecule has 0 radical (unpaired) electrons. The van der Waals surface area contributed by atoms with E-state index in [4.69, 9.17) is 0 Å². The van der Waals surface area contributed by atoms with Gasteiger partial charge in [-0.15, -0.1) is 5.92 Å². The van der Waals surface area contributed by atoms with Crippen LogP contribution in [-0.2, 0) is 11.0 Å². The van der Waals surface area contributed by atoms with Crippen LogP contribution in [0.5, 0.6) is 0 Å². The lowest BCUT2D eigenvalue weighted by Crippen LogP contribution is -2.22. The fourth-order valence-electron chi connectivity index (χ4n) is 2.20. The maximum Gasteiger partial charge on any atom is 0.126 e. The first-order valence-electron chi connectivity index (χ1n) is 8.34. The molecule has 1 N–H and O–H groups in total. The zero-order valence-corrected chi connectivity index (χ0v) is 15.4. The fraction of sp³-hybridized carbons (Fsp3) is 0.333. The first-order valence-corrected chi connectivity index (χ1v) is 9.49. The van der Waals surface area contributed by atoms with Gasteiger partial charge in [-0.05, 0) is 37.0 Å². The summed E-state index contributed by atoms with van der Waals surface area (Å²) >= 11 is 0. The van der Waals surface area contributed by atoms with E-state index in [0.717, 1.165) is 28.9 Å². The van der Waals surface area contributed by atoms with E-state index in [1.54, 1.807) is 0 Å². The molecule has 2 aromatic carbocycles. The summed E-state index contributed by atoms with van der Waals surface area (Å²) in [6, 6.07) is 17.5. The van der Waals surface area contributed by atoms with Crippen molar-refractivity contribution >= 4 is 11.0 Å². The third-order valence-electron chi connectivity index (χ3n) is 3.69. The van der Waals surface area contributed by atoms with Crippen LogP contribution in [0.15, 0.2) is 59.5 Å². The van der Waals surface area contributed by atoms with Crippen LogP contribution in [0.2, 0.25) is 0 Å². The van der Waals surface area contributed by atoms with Crippen LogP contribution in [0.1, 0.15) is 43.9 Å². The van der Waals surface area contributed by atoms with E-state index in [9.17, 15) is 4.21 Å². The molecule has 3 heteroatoms. The van der Waals surface area contributed by atoms with Gasteiger partial charge in [-0.25, -0.2) is 8.93 Å². The maximum atomic E-state index is 12.6. The predicted octanol–water partition coefficient (Wildman–Crippen LogP) is 4.79. The van der Waals surface area contributed by atoms with Crippen molar-refractivity contribution in [1.82, 2.24) is 4.72 Å². The Labute approximate surface area is 148 Å². The summed E-state index contributed by atoms with van der Waals surface area (Å²) in [7, 11) is -1.29. The Hall–Kier alpha value is -1.89. The van der Waals surface area contributed by atoms with Gasteiger partial charge in [0.1, 0.15) is 17.0 Å². The van der Waals surface area contributed by atoms with Crippen LogP contribution >= 0.6 is 0 Å². The molecule has 0 amide bonds. The minimum absolute atomic E-state index is 0.236. The quantitative estimate of drug-likeness (QED) is 0.753. The van der Waals surface area contributed by atoms with Crippen LogP contribution < -0.4 is 4.72 Å². The second kappa shape index (κ2) is 9.42. The van der Waals surface area contributed by atoms with Gasteiger partial charge < -0.3 is 0 Å². The van der Waals surface area contributed by atoms with Crippen molar-refractivity contribution in [1.29, 1.82) is 0 Å². The van der Waals surface area contributed by atoms with Gasteiger partial charge in [-0.2, -0.15) is 0 Å². The van der Waals surface area contributed by atoms with Gasteiger partial charge in [0, 0.05) is 6.42 Å². The second-order valence-corrected chi connectivity index (χ2v) is 7.54. The monoisotopic (exact) mass is 339 g/mol. The van der Waals surface area contributed by atoms with Crippen molar-refractivity contribution < 1.29 is 4.21 Å². The van der Waals surface area contributed by atoms with E-state index in [0.29, 0.717) is 5.92 Å². The Morgan fingerprint density at radius 1 is 1.04 bits per heavy atom. The molecule has 0 saturated carbocycles. The minimum Gasteiger partial charge on any atom is -0.237 e. The van der Waals surface area contributed by atoms with E-state index in [1.165, 1.54) is 0 Å². The summed E-state index contributed by atoms with van der Waals surface area (Å²) < 4.78 is 15.8. The van der Waals surface area contributed by atoms with Crippen molar-refractivity contribution in [3.05, 3.63) is 65.7 Å². The van der Waals surface area contributed by atoms with E-state index in [1.807, 2.05) is 61.5 Å². The zero-order chi connectivity index (χ0) is 17.4. The summed E-state index contributed by atoms with van der Waals surface area (Å²) in [6.07, 6.45) is 1.94. The normalized spacial score (nSPS) is 13.2. The third kappa shape index (κ3) is 5.96. The van der Waals surface area contributed by atoms with Crippen LogP contribution in [-0.4, -0.2) is 4.21 Å². The lowest BCUT2D eigenvalue weighted by atomic mass is 10.1. The average Bonchev–Trinajstić information content (AvgIpc) is 2.58. The average molecular weight is 340 g/mol. The Kier molecular flexibility index (Phi) is 7.24. The summed E-state index contributed by atoms with van der Waals surface area (Å²) in [6.45, 7) is 6.41. The van der Waals surface area contributed by atoms with Gasteiger partial charge in [-0.3, -0.25) is 0 Å². The molecule has 0 aliphatic carbocycles. The molecule has 2 nitrogen and oxygen atoms in total. The lowest BCUT2D eigenvalue weighted by molar-refractivity contribution is 0.599. The molecule has 2 rings (SSSR count). The molecule has 2 aromatic rings. The molecule has 0 aliphatic heterocycles. The van der Waals surface area contributed by atoms with E-state index >= 15 is 0 Å². The predicted molar refractivity (Wildman–Crippen MR) is 102 cm³/mol. The van der Waals surface area contributed by atoms with E-state index in [-0.39, 0.29) is 6.04 Å². The second-order valence-electron chi connectivity index (χ2n) is 6.30. The Balaban J connectivity index is 2.13. The summed E-state index contributed by atoms with van der Waals surface area (Å²) in [4.78, 5) is 0.769. The highest BCUT2D eigenvalue weighted by Crippen LogP contribution is 2.15. The van der Waals surface area contributed by atoms with Gasteiger partial charge >= 0.3 is 0 Å². The number of hydrogen-bond donors (Lipinski definition) is 1. The zero-order valence-electron chi connectivity index (χ0n) is 14.6.